The number of piperazine rings is 1. The SMILES string of the molecule is COc1ccccc1-c1nn(C)cc1C(=O)N1C[C@H](C)N[C@@H](C)C1. The van der Waals surface area contributed by atoms with Crippen LogP contribution in [0.5, 0.6) is 5.75 Å². The zero-order valence-electron chi connectivity index (χ0n) is 14.6. The van der Waals surface area contributed by atoms with Crippen molar-refractivity contribution in [2.24, 2.45) is 7.05 Å². The van der Waals surface area contributed by atoms with Crippen molar-refractivity contribution in [3.05, 3.63) is 36.0 Å². The average molecular weight is 328 g/mol. The predicted molar refractivity (Wildman–Crippen MR) is 93.2 cm³/mol. The summed E-state index contributed by atoms with van der Waals surface area (Å²) in [7, 11) is 3.46. The van der Waals surface area contributed by atoms with E-state index in [1.165, 1.54) is 0 Å². The van der Waals surface area contributed by atoms with Gasteiger partial charge in [-0.1, -0.05) is 12.1 Å². The first-order valence-corrected chi connectivity index (χ1v) is 8.22. The lowest BCUT2D eigenvalue weighted by Gasteiger charge is -2.36. The highest BCUT2D eigenvalue weighted by Gasteiger charge is 2.29. The molecule has 1 amide bonds. The van der Waals surface area contributed by atoms with Gasteiger partial charge in [0, 0.05) is 44.0 Å². The molecule has 2 heterocycles. The number of nitrogens with one attached hydrogen (secondary N) is 1. The Morgan fingerprint density at radius 2 is 1.92 bits per heavy atom. The molecule has 1 aliphatic rings. The Morgan fingerprint density at radius 3 is 2.58 bits per heavy atom. The Hall–Kier alpha value is -2.34. The highest BCUT2D eigenvalue weighted by atomic mass is 16.5. The Balaban J connectivity index is 1.99. The highest BCUT2D eigenvalue weighted by Crippen LogP contribution is 2.31. The third kappa shape index (κ3) is 3.14. The molecule has 1 fully saturated rings. The monoisotopic (exact) mass is 328 g/mol. The van der Waals surface area contributed by atoms with Gasteiger partial charge in [-0.2, -0.15) is 5.10 Å². The molecular formula is C18H24N4O2. The molecule has 1 aliphatic heterocycles. The van der Waals surface area contributed by atoms with Gasteiger partial charge >= 0.3 is 0 Å². The number of benzene rings is 1. The Bertz CT molecular complexity index is 730. The molecule has 6 heteroatoms. The maximum absolute atomic E-state index is 13.1. The number of aromatic nitrogens is 2. The molecule has 3 rings (SSSR count). The summed E-state index contributed by atoms with van der Waals surface area (Å²) < 4.78 is 7.12. The molecule has 0 radical (unpaired) electrons. The van der Waals surface area contributed by atoms with E-state index in [1.807, 2.05) is 36.2 Å². The second-order valence-electron chi connectivity index (χ2n) is 6.44. The largest absolute Gasteiger partial charge is 0.496 e. The maximum atomic E-state index is 13.1. The summed E-state index contributed by atoms with van der Waals surface area (Å²) in [5.41, 5.74) is 2.11. The van der Waals surface area contributed by atoms with Gasteiger partial charge in [0.1, 0.15) is 11.4 Å². The number of nitrogens with zero attached hydrogens (tertiary/aromatic N) is 3. The molecule has 1 saturated heterocycles. The molecule has 0 bridgehead atoms. The molecule has 6 nitrogen and oxygen atoms in total. The van der Waals surface area contributed by atoms with E-state index in [-0.39, 0.29) is 18.0 Å². The molecule has 0 saturated carbocycles. The summed E-state index contributed by atoms with van der Waals surface area (Å²) in [6, 6.07) is 8.21. The summed E-state index contributed by atoms with van der Waals surface area (Å²) in [5.74, 6) is 0.733. The molecule has 1 N–H and O–H groups in total. The van der Waals surface area contributed by atoms with Crippen LogP contribution in [0.15, 0.2) is 30.5 Å². The van der Waals surface area contributed by atoms with Crippen LogP contribution in [0.2, 0.25) is 0 Å². The van der Waals surface area contributed by atoms with Crippen LogP contribution in [0.4, 0.5) is 0 Å². The van der Waals surface area contributed by atoms with E-state index in [0.717, 1.165) is 5.56 Å². The van der Waals surface area contributed by atoms with E-state index < -0.39 is 0 Å². The molecular weight excluding hydrogens is 304 g/mol. The Morgan fingerprint density at radius 1 is 1.25 bits per heavy atom. The summed E-state index contributed by atoms with van der Waals surface area (Å²) in [5, 5.41) is 7.97. The van der Waals surface area contributed by atoms with Crippen LogP contribution < -0.4 is 10.1 Å². The second kappa shape index (κ2) is 6.65. The number of para-hydroxylation sites is 1. The fraction of sp³-hybridized carbons (Fsp3) is 0.444. The Kier molecular flexibility index (Phi) is 4.57. The summed E-state index contributed by atoms with van der Waals surface area (Å²) in [4.78, 5) is 15.0. The smallest absolute Gasteiger partial charge is 0.257 e. The van der Waals surface area contributed by atoms with Crippen molar-refractivity contribution in [2.75, 3.05) is 20.2 Å². The number of hydrogen-bond donors (Lipinski definition) is 1. The molecule has 0 unspecified atom stereocenters. The summed E-state index contributed by atoms with van der Waals surface area (Å²) in [6.07, 6.45) is 1.79. The van der Waals surface area contributed by atoms with Gasteiger partial charge in [0.2, 0.25) is 0 Å². The van der Waals surface area contributed by atoms with Crippen molar-refractivity contribution >= 4 is 5.91 Å². The topological polar surface area (TPSA) is 59.4 Å². The van der Waals surface area contributed by atoms with Crippen LogP contribution in [-0.4, -0.2) is 52.9 Å². The normalized spacial score (nSPS) is 20.9. The lowest BCUT2D eigenvalue weighted by atomic mass is 10.0. The molecule has 0 spiro atoms. The summed E-state index contributed by atoms with van der Waals surface area (Å²) in [6.45, 7) is 5.59. The van der Waals surface area contributed by atoms with E-state index in [1.54, 1.807) is 18.0 Å². The third-order valence-electron chi connectivity index (χ3n) is 4.27. The molecule has 0 aliphatic carbocycles. The van der Waals surface area contributed by atoms with E-state index in [0.29, 0.717) is 30.1 Å². The van der Waals surface area contributed by atoms with Gasteiger partial charge in [0.25, 0.3) is 5.91 Å². The van der Waals surface area contributed by atoms with Gasteiger partial charge in [-0.3, -0.25) is 9.48 Å². The van der Waals surface area contributed by atoms with Gasteiger partial charge in [0.05, 0.1) is 12.7 Å². The van der Waals surface area contributed by atoms with Crippen molar-refractivity contribution < 1.29 is 9.53 Å². The zero-order valence-corrected chi connectivity index (χ0v) is 14.6. The number of ether oxygens (including phenoxy) is 1. The standard InChI is InChI=1S/C18H24N4O2/c1-12-9-22(10-13(2)19-12)18(23)15-11-21(3)20-17(15)14-7-5-6-8-16(14)24-4/h5-8,11-13,19H,9-10H2,1-4H3/t12-,13-/m0/s1. The van der Waals surface area contributed by atoms with Crippen LogP contribution in [0.1, 0.15) is 24.2 Å². The van der Waals surface area contributed by atoms with Crippen molar-refractivity contribution in [1.29, 1.82) is 0 Å². The highest BCUT2D eigenvalue weighted by molar-refractivity contribution is 6.00. The molecule has 128 valence electrons. The van der Waals surface area contributed by atoms with E-state index in [4.69, 9.17) is 4.74 Å². The predicted octanol–water partition coefficient (Wildman–Crippen LogP) is 1.92. The minimum atomic E-state index is 0.0178. The minimum Gasteiger partial charge on any atom is -0.496 e. The maximum Gasteiger partial charge on any atom is 0.257 e. The van der Waals surface area contributed by atoms with Crippen LogP contribution in [-0.2, 0) is 7.05 Å². The number of carbonyl (C=O) groups is 1. The van der Waals surface area contributed by atoms with Gasteiger partial charge in [-0.15, -0.1) is 0 Å². The molecule has 1 aromatic heterocycles. The number of hydrogen-bond acceptors (Lipinski definition) is 4. The fourth-order valence-corrected chi connectivity index (χ4v) is 3.35. The zero-order chi connectivity index (χ0) is 17.3. The van der Waals surface area contributed by atoms with Crippen molar-refractivity contribution in [1.82, 2.24) is 20.0 Å². The van der Waals surface area contributed by atoms with Crippen molar-refractivity contribution in [2.45, 2.75) is 25.9 Å². The minimum absolute atomic E-state index is 0.0178. The molecule has 24 heavy (non-hydrogen) atoms. The molecule has 1 aromatic carbocycles. The van der Waals surface area contributed by atoms with Gasteiger partial charge in [0.15, 0.2) is 0 Å². The first kappa shape index (κ1) is 16.5. The van der Waals surface area contributed by atoms with E-state index in [2.05, 4.69) is 24.3 Å². The molecule has 2 atom stereocenters. The van der Waals surface area contributed by atoms with Crippen LogP contribution in [0.3, 0.4) is 0 Å². The van der Waals surface area contributed by atoms with Crippen LogP contribution in [0, 0.1) is 0 Å². The van der Waals surface area contributed by atoms with Gasteiger partial charge < -0.3 is 15.0 Å². The number of rotatable bonds is 3. The number of amides is 1. The average Bonchev–Trinajstić information content (AvgIpc) is 2.94. The van der Waals surface area contributed by atoms with E-state index in [9.17, 15) is 4.79 Å². The summed E-state index contributed by atoms with van der Waals surface area (Å²) >= 11 is 0. The van der Waals surface area contributed by atoms with Gasteiger partial charge in [-0.25, -0.2) is 0 Å². The number of methoxy groups -OCH3 is 1. The first-order valence-electron chi connectivity index (χ1n) is 8.22. The van der Waals surface area contributed by atoms with Crippen LogP contribution in [0.25, 0.3) is 11.3 Å². The quantitative estimate of drug-likeness (QED) is 0.935. The first-order chi connectivity index (χ1) is 11.5. The molecule has 2 aromatic rings. The fourth-order valence-electron chi connectivity index (χ4n) is 3.35. The number of carbonyl (C=O) groups excluding carboxylic acids is 1. The van der Waals surface area contributed by atoms with E-state index >= 15 is 0 Å². The third-order valence-corrected chi connectivity index (χ3v) is 4.27. The lowest BCUT2D eigenvalue weighted by molar-refractivity contribution is 0.0674. The van der Waals surface area contributed by atoms with Crippen LogP contribution >= 0.6 is 0 Å². The number of aryl methyl sites for hydroxylation is 1. The van der Waals surface area contributed by atoms with Crippen molar-refractivity contribution in [3.63, 3.8) is 0 Å². The lowest BCUT2D eigenvalue weighted by Crippen LogP contribution is -2.55. The van der Waals surface area contributed by atoms with Crippen molar-refractivity contribution in [3.8, 4) is 17.0 Å². The second-order valence-corrected chi connectivity index (χ2v) is 6.44. The Labute approximate surface area is 142 Å². The van der Waals surface area contributed by atoms with Gasteiger partial charge in [-0.05, 0) is 26.0 Å².